The molecule has 2 N–H and O–H groups in total. The monoisotopic (exact) mass is 234 g/mol. The molecule has 17 heavy (non-hydrogen) atoms. The first-order valence-corrected chi connectivity index (χ1v) is 5.95. The Labute approximate surface area is 101 Å². The fourth-order valence-corrected chi connectivity index (χ4v) is 2.05. The van der Waals surface area contributed by atoms with Gasteiger partial charge in [-0.25, -0.2) is 0 Å². The summed E-state index contributed by atoms with van der Waals surface area (Å²) in [5.74, 6) is 0.955. The van der Waals surface area contributed by atoms with Crippen molar-refractivity contribution in [2.24, 2.45) is 0 Å². The van der Waals surface area contributed by atoms with Gasteiger partial charge >= 0.3 is 0 Å². The predicted octanol–water partition coefficient (Wildman–Crippen LogP) is 1.78. The fourth-order valence-electron chi connectivity index (χ4n) is 2.05. The van der Waals surface area contributed by atoms with Crippen molar-refractivity contribution in [1.29, 1.82) is 0 Å². The van der Waals surface area contributed by atoms with Crippen molar-refractivity contribution in [2.45, 2.75) is 25.3 Å². The van der Waals surface area contributed by atoms with Crippen molar-refractivity contribution in [1.82, 2.24) is 5.32 Å². The molecule has 1 unspecified atom stereocenters. The van der Waals surface area contributed by atoms with Crippen molar-refractivity contribution < 1.29 is 9.53 Å². The van der Waals surface area contributed by atoms with Crippen LogP contribution in [0.25, 0.3) is 0 Å². The van der Waals surface area contributed by atoms with Gasteiger partial charge in [-0.2, -0.15) is 0 Å². The molecule has 0 bridgehead atoms. The maximum atomic E-state index is 11.4. The van der Waals surface area contributed by atoms with Crippen molar-refractivity contribution in [3.8, 4) is 5.75 Å². The number of carbonyl (C=O) groups is 1. The molecular weight excluding hydrogens is 216 g/mol. The smallest absolute Gasteiger partial charge is 0.222 e. The maximum absolute atomic E-state index is 11.4. The zero-order valence-corrected chi connectivity index (χ0v) is 10.0. The van der Waals surface area contributed by atoms with E-state index in [1.165, 1.54) is 0 Å². The van der Waals surface area contributed by atoms with E-state index in [2.05, 4.69) is 10.6 Å². The number of anilines is 1. The van der Waals surface area contributed by atoms with Crippen LogP contribution < -0.4 is 15.4 Å². The quantitative estimate of drug-likeness (QED) is 0.838. The number of hydrogen-bond acceptors (Lipinski definition) is 3. The second kappa shape index (κ2) is 5.57. The number of benzene rings is 1. The first-order chi connectivity index (χ1) is 8.28. The molecular formula is C13H18N2O2. The van der Waals surface area contributed by atoms with Crippen LogP contribution in [0.2, 0.25) is 0 Å². The van der Waals surface area contributed by atoms with E-state index in [0.29, 0.717) is 6.42 Å². The average molecular weight is 234 g/mol. The molecule has 0 aliphatic carbocycles. The average Bonchev–Trinajstić information content (AvgIpc) is 2.54. The molecule has 0 aromatic heterocycles. The summed E-state index contributed by atoms with van der Waals surface area (Å²) in [5, 5.41) is 6.26. The summed E-state index contributed by atoms with van der Waals surface area (Å²) in [6.45, 7) is 0.787. The van der Waals surface area contributed by atoms with Crippen molar-refractivity contribution >= 4 is 11.6 Å². The molecule has 92 valence electrons. The molecule has 0 spiro atoms. The SMILES string of the molecule is COc1cccc(NC2CCCNC(=O)C2)c1. The number of nitrogens with one attached hydrogen (secondary N) is 2. The van der Waals surface area contributed by atoms with Gasteiger partial charge in [0.15, 0.2) is 0 Å². The summed E-state index contributed by atoms with van der Waals surface area (Å²) >= 11 is 0. The molecule has 1 aromatic carbocycles. The van der Waals surface area contributed by atoms with Gasteiger partial charge in [-0.15, -0.1) is 0 Å². The Balaban J connectivity index is 2.00. The van der Waals surface area contributed by atoms with Crippen LogP contribution in [-0.2, 0) is 4.79 Å². The third kappa shape index (κ3) is 3.37. The van der Waals surface area contributed by atoms with Gasteiger partial charge < -0.3 is 15.4 Å². The van der Waals surface area contributed by atoms with Crippen LogP contribution in [0.4, 0.5) is 5.69 Å². The molecule has 1 heterocycles. The largest absolute Gasteiger partial charge is 0.497 e. The molecule has 4 heteroatoms. The van der Waals surface area contributed by atoms with Crippen LogP contribution >= 0.6 is 0 Å². The molecule has 0 radical (unpaired) electrons. The molecule has 2 rings (SSSR count). The van der Waals surface area contributed by atoms with Crippen molar-refractivity contribution in [3.63, 3.8) is 0 Å². The Bertz CT molecular complexity index is 393. The summed E-state index contributed by atoms with van der Waals surface area (Å²) in [7, 11) is 1.65. The fraction of sp³-hybridized carbons (Fsp3) is 0.462. The standard InChI is InChI=1S/C13H18N2O2/c1-17-12-6-2-4-10(8-12)15-11-5-3-7-14-13(16)9-11/h2,4,6,8,11,15H,3,5,7,9H2,1H3,(H,14,16). The van der Waals surface area contributed by atoms with E-state index < -0.39 is 0 Å². The molecule has 1 fully saturated rings. The van der Waals surface area contributed by atoms with Crippen LogP contribution in [0, 0.1) is 0 Å². The lowest BCUT2D eigenvalue weighted by Gasteiger charge is -2.17. The molecule has 1 saturated heterocycles. The summed E-state index contributed by atoms with van der Waals surface area (Å²) in [5.41, 5.74) is 1.00. The van der Waals surface area contributed by atoms with Crippen LogP contribution in [-0.4, -0.2) is 25.6 Å². The van der Waals surface area contributed by atoms with Gasteiger partial charge in [-0.05, 0) is 25.0 Å². The Kier molecular flexibility index (Phi) is 3.85. The van der Waals surface area contributed by atoms with E-state index >= 15 is 0 Å². The lowest BCUT2D eigenvalue weighted by Crippen LogP contribution is -2.26. The van der Waals surface area contributed by atoms with Gasteiger partial charge in [0.2, 0.25) is 5.91 Å². The number of rotatable bonds is 3. The lowest BCUT2D eigenvalue weighted by molar-refractivity contribution is -0.120. The van der Waals surface area contributed by atoms with E-state index in [-0.39, 0.29) is 11.9 Å². The van der Waals surface area contributed by atoms with Gasteiger partial charge in [-0.3, -0.25) is 4.79 Å². The number of carbonyl (C=O) groups excluding carboxylic acids is 1. The van der Waals surface area contributed by atoms with Gasteiger partial charge in [-0.1, -0.05) is 6.07 Å². The third-order valence-corrected chi connectivity index (χ3v) is 2.92. The molecule has 1 amide bonds. The summed E-state index contributed by atoms with van der Waals surface area (Å²) in [6, 6.07) is 8.00. The van der Waals surface area contributed by atoms with Gasteiger partial charge in [0.25, 0.3) is 0 Å². The highest BCUT2D eigenvalue weighted by Crippen LogP contribution is 2.19. The molecule has 4 nitrogen and oxygen atoms in total. The normalized spacial score (nSPS) is 20.3. The van der Waals surface area contributed by atoms with Crippen LogP contribution in [0.3, 0.4) is 0 Å². The Hall–Kier alpha value is -1.71. The molecule has 1 atom stereocenters. The second-order valence-corrected chi connectivity index (χ2v) is 4.27. The molecule has 1 aliphatic rings. The van der Waals surface area contributed by atoms with Crippen molar-refractivity contribution in [2.75, 3.05) is 19.0 Å². The van der Waals surface area contributed by atoms with Gasteiger partial charge in [0.1, 0.15) is 5.75 Å². The highest BCUT2D eigenvalue weighted by atomic mass is 16.5. The first-order valence-electron chi connectivity index (χ1n) is 5.95. The van der Waals surface area contributed by atoms with E-state index in [1.807, 2.05) is 24.3 Å². The maximum Gasteiger partial charge on any atom is 0.222 e. The predicted molar refractivity (Wildman–Crippen MR) is 67.3 cm³/mol. The summed E-state index contributed by atoms with van der Waals surface area (Å²) in [4.78, 5) is 11.4. The Morgan fingerprint density at radius 2 is 2.35 bits per heavy atom. The first kappa shape index (κ1) is 11.8. The minimum Gasteiger partial charge on any atom is -0.497 e. The van der Waals surface area contributed by atoms with Crippen LogP contribution in [0.5, 0.6) is 5.75 Å². The highest BCUT2D eigenvalue weighted by molar-refractivity contribution is 5.77. The van der Waals surface area contributed by atoms with E-state index in [1.54, 1.807) is 7.11 Å². The van der Waals surface area contributed by atoms with E-state index in [4.69, 9.17) is 4.74 Å². The Morgan fingerprint density at radius 3 is 3.18 bits per heavy atom. The zero-order valence-electron chi connectivity index (χ0n) is 10.0. The number of amides is 1. The second-order valence-electron chi connectivity index (χ2n) is 4.27. The van der Waals surface area contributed by atoms with Crippen molar-refractivity contribution in [3.05, 3.63) is 24.3 Å². The topological polar surface area (TPSA) is 50.4 Å². The summed E-state index contributed by atoms with van der Waals surface area (Å²) < 4.78 is 5.17. The zero-order chi connectivity index (χ0) is 12.1. The minimum atomic E-state index is 0.128. The van der Waals surface area contributed by atoms with E-state index in [9.17, 15) is 4.79 Å². The lowest BCUT2D eigenvalue weighted by atomic mass is 10.1. The number of methoxy groups -OCH3 is 1. The third-order valence-electron chi connectivity index (χ3n) is 2.92. The minimum absolute atomic E-state index is 0.128. The van der Waals surface area contributed by atoms with Gasteiger partial charge in [0.05, 0.1) is 7.11 Å². The van der Waals surface area contributed by atoms with E-state index in [0.717, 1.165) is 30.8 Å². The van der Waals surface area contributed by atoms with Gasteiger partial charge in [0, 0.05) is 30.8 Å². The molecule has 1 aliphatic heterocycles. The van der Waals surface area contributed by atoms with Crippen LogP contribution in [0.15, 0.2) is 24.3 Å². The number of ether oxygens (including phenoxy) is 1. The highest BCUT2D eigenvalue weighted by Gasteiger charge is 2.16. The molecule has 0 saturated carbocycles. The molecule has 1 aromatic rings. The summed E-state index contributed by atoms with van der Waals surface area (Å²) in [6.07, 6.45) is 2.57. The van der Waals surface area contributed by atoms with Crippen LogP contribution in [0.1, 0.15) is 19.3 Å². The Morgan fingerprint density at radius 1 is 1.47 bits per heavy atom. The number of hydrogen-bond donors (Lipinski definition) is 2.